The molecular weight excluding hydrogens is 471 g/mol. The summed E-state index contributed by atoms with van der Waals surface area (Å²) >= 11 is 0. The number of hydrogen-bond donors (Lipinski definition) is 1. The molecule has 4 rings (SSSR count). The predicted molar refractivity (Wildman–Crippen MR) is 135 cm³/mol. The molecule has 2 aliphatic rings. The Morgan fingerprint density at radius 3 is 2.22 bits per heavy atom. The van der Waals surface area contributed by atoms with Crippen LogP contribution >= 0.6 is 0 Å². The lowest BCUT2D eigenvalue weighted by atomic mass is 10.0. The van der Waals surface area contributed by atoms with Crippen LogP contribution in [0.5, 0.6) is 0 Å². The third kappa shape index (κ3) is 6.75. The number of nitroso groups, excluding NO2 is 1. The van der Waals surface area contributed by atoms with Crippen LogP contribution in [0.1, 0.15) is 31.2 Å². The number of piperazine rings is 1. The SMILES string of the molecule is O=Nc1ccc(N2CCC(NC(=O)CCCN3CCN(c4ccccc4)CC3)CC2)cc1C(F)(F)F. The van der Waals surface area contributed by atoms with Crippen molar-refractivity contribution in [1.29, 1.82) is 0 Å². The molecule has 0 saturated carbocycles. The Labute approximate surface area is 209 Å². The van der Waals surface area contributed by atoms with Gasteiger partial charge in [-0.25, -0.2) is 0 Å². The van der Waals surface area contributed by atoms with Crippen LogP contribution < -0.4 is 15.1 Å². The molecule has 0 radical (unpaired) electrons. The molecule has 0 bridgehead atoms. The fraction of sp³-hybridized carbons (Fsp3) is 0.500. The molecule has 2 heterocycles. The van der Waals surface area contributed by atoms with Gasteiger partial charge in [-0.05, 0) is 61.3 Å². The van der Waals surface area contributed by atoms with E-state index in [1.807, 2.05) is 11.0 Å². The minimum absolute atomic E-state index is 0.0150. The molecule has 10 heteroatoms. The third-order valence-corrected chi connectivity index (χ3v) is 6.98. The number of para-hydroxylation sites is 1. The van der Waals surface area contributed by atoms with E-state index < -0.39 is 17.4 Å². The van der Waals surface area contributed by atoms with Gasteiger partial charge in [-0.1, -0.05) is 18.2 Å². The normalized spacial score (nSPS) is 17.8. The molecule has 0 spiro atoms. The number of carbonyl (C=O) groups excluding carboxylic acids is 1. The zero-order chi connectivity index (χ0) is 25.5. The van der Waals surface area contributed by atoms with E-state index in [9.17, 15) is 22.9 Å². The number of amides is 1. The second kappa shape index (κ2) is 11.7. The number of carbonyl (C=O) groups is 1. The highest BCUT2D eigenvalue weighted by Gasteiger charge is 2.35. The summed E-state index contributed by atoms with van der Waals surface area (Å²) < 4.78 is 39.7. The molecule has 0 atom stereocenters. The Bertz CT molecular complexity index is 1020. The van der Waals surface area contributed by atoms with E-state index in [2.05, 4.69) is 44.6 Å². The van der Waals surface area contributed by atoms with Gasteiger partial charge in [0.2, 0.25) is 5.91 Å². The average molecular weight is 504 g/mol. The molecular formula is C26H32F3N5O2. The molecule has 0 aliphatic carbocycles. The van der Waals surface area contributed by atoms with Crippen molar-refractivity contribution in [3.63, 3.8) is 0 Å². The molecule has 2 aliphatic heterocycles. The first-order chi connectivity index (χ1) is 17.3. The zero-order valence-corrected chi connectivity index (χ0v) is 20.2. The van der Waals surface area contributed by atoms with E-state index in [1.165, 1.54) is 11.8 Å². The molecule has 1 amide bonds. The predicted octanol–water partition coefficient (Wildman–Crippen LogP) is 4.79. The molecule has 36 heavy (non-hydrogen) atoms. The van der Waals surface area contributed by atoms with Crippen LogP contribution in [0.25, 0.3) is 0 Å². The van der Waals surface area contributed by atoms with Crippen LogP contribution in [0.3, 0.4) is 0 Å². The first-order valence-corrected chi connectivity index (χ1v) is 12.4. The fourth-order valence-electron chi connectivity index (χ4n) is 4.94. The Morgan fingerprint density at radius 1 is 0.917 bits per heavy atom. The summed E-state index contributed by atoms with van der Waals surface area (Å²) in [5, 5.41) is 5.58. The summed E-state index contributed by atoms with van der Waals surface area (Å²) in [7, 11) is 0. The number of nitrogens with zero attached hydrogens (tertiary/aromatic N) is 4. The van der Waals surface area contributed by atoms with Gasteiger partial charge in [-0.3, -0.25) is 9.69 Å². The maximum Gasteiger partial charge on any atom is 0.418 e. The molecule has 194 valence electrons. The van der Waals surface area contributed by atoms with Gasteiger partial charge in [0.05, 0.1) is 5.56 Å². The monoisotopic (exact) mass is 503 g/mol. The Morgan fingerprint density at radius 2 is 1.58 bits per heavy atom. The van der Waals surface area contributed by atoms with Crippen LogP contribution in [-0.2, 0) is 11.0 Å². The van der Waals surface area contributed by atoms with E-state index >= 15 is 0 Å². The molecule has 2 aromatic rings. The molecule has 2 saturated heterocycles. The van der Waals surface area contributed by atoms with Gasteiger partial charge < -0.3 is 15.1 Å². The Balaban J connectivity index is 1.15. The molecule has 2 aromatic carbocycles. The van der Waals surface area contributed by atoms with Gasteiger partial charge in [0.25, 0.3) is 0 Å². The highest BCUT2D eigenvalue weighted by Crippen LogP contribution is 2.39. The van der Waals surface area contributed by atoms with Crippen molar-refractivity contribution >= 4 is 23.0 Å². The quantitative estimate of drug-likeness (QED) is 0.525. The van der Waals surface area contributed by atoms with E-state index in [0.29, 0.717) is 38.0 Å². The first kappa shape index (κ1) is 25.9. The van der Waals surface area contributed by atoms with Crippen molar-refractivity contribution in [1.82, 2.24) is 10.2 Å². The van der Waals surface area contributed by atoms with E-state index in [1.54, 1.807) is 0 Å². The zero-order valence-electron chi connectivity index (χ0n) is 20.2. The van der Waals surface area contributed by atoms with Crippen LogP contribution in [0, 0.1) is 4.91 Å². The summed E-state index contributed by atoms with van der Waals surface area (Å²) in [6, 6.07) is 14.0. The van der Waals surface area contributed by atoms with Crippen molar-refractivity contribution in [3.8, 4) is 0 Å². The number of rotatable bonds is 8. The molecule has 7 nitrogen and oxygen atoms in total. The summed E-state index contributed by atoms with van der Waals surface area (Å²) in [6.07, 6.45) is -2.06. The van der Waals surface area contributed by atoms with Crippen LogP contribution in [-0.4, -0.2) is 62.7 Å². The van der Waals surface area contributed by atoms with E-state index in [0.717, 1.165) is 51.3 Å². The number of anilines is 2. The van der Waals surface area contributed by atoms with Crippen molar-refractivity contribution < 1.29 is 18.0 Å². The standard InChI is InChI=1S/C26H32F3N5O2/c27-26(28,29)23-19-22(8-9-24(23)31-36)33-13-10-20(11-14-33)30-25(35)7-4-12-32-15-17-34(18-16-32)21-5-2-1-3-6-21/h1-3,5-6,8-9,19-20H,4,7,10-18H2,(H,30,35). The van der Waals surface area contributed by atoms with Crippen molar-refractivity contribution in [2.24, 2.45) is 5.18 Å². The Hall–Kier alpha value is -3.14. The third-order valence-electron chi connectivity index (χ3n) is 6.98. The number of piperidine rings is 1. The largest absolute Gasteiger partial charge is 0.418 e. The van der Waals surface area contributed by atoms with Gasteiger partial charge in [-0.2, -0.15) is 13.2 Å². The minimum atomic E-state index is -4.64. The summed E-state index contributed by atoms with van der Waals surface area (Å²) in [6.45, 7) is 5.87. The van der Waals surface area contributed by atoms with Gasteiger partial charge >= 0.3 is 6.18 Å². The summed E-state index contributed by atoms with van der Waals surface area (Å²) in [5.41, 5.74) is 0.0311. The van der Waals surface area contributed by atoms with Gasteiger partial charge in [-0.15, -0.1) is 4.91 Å². The van der Waals surface area contributed by atoms with Crippen LogP contribution in [0.15, 0.2) is 53.7 Å². The summed E-state index contributed by atoms with van der Waals surface area (Å²) in [4.78, 5) is 29.8. The van der Waals surface area contributed by atoms with Crippen molar-refractivity contribution in [2.45, 2.75) is 37.9 Å². The highest BCUT2D eigenvalue weighted by molar-refractivity contribution is 5.76. The number of halogens is 3. The van der Waals surface area contributed by atoms with E-state index in [-0.39, 0.29) is 11.9 Å². The van der Waals surface area contributed by atoms with Gasteiger partial charge in [0, 0.05) is 63.1 Å². The highest BCUT2D eigenvalue weighted by atomic mass is 19.4. The van der Waals surface area contributed by atoms with Gasteiger partial charge in [0.1, 0.15) is 5.69 Å². The number of benzene rings is 2. The second-order valence-electron chi connectivity index (χ2n) is 9.39. The maximum absolute atomic E-state index is 13.2. The van der Waals surface area contributed by atoms with Crippen molar-refractivity contribution in [2.75, 3.05) is 55.6 Å². The topological polar surface area (TPSA) is 68.2 Å². The first-order valence-electron chi connectivity index (χ1n) is 12.4. The number of hydrogen-bond acceptors (Lipinski definition) is 6. The maximum atomic E-state index is 13.2. The van der Waals surface area contributed by atoms with Crippen molar-refractivity contribution in [3.05, 3.63) is 59.0 Å². The Kier molecular flexibility index (Phi) is 8.45. The second-order valence-corrected chi connectivity index (χ2v) is 9.39. The number of alkyl halides is 3. The molecule has 1 N–H and O–H groups in total. The molecule has 0 unspecified atom stereocenters. The fourth-order valence-corrected chi connectivity index (χ4v) is 4.94. The minimum Gasteiger partial charge on any atom is -0.371 e. The molecule has 2 fully saturated rings. The average Bonchev–Trinajstić information content (AvgIpc) is 2.89. The van der Waals surface area contributed by atoms with Gasteiger partial charge in [0.15, 0.2) is 0 Å². The van der Waals surface area contributed by atoms with E-state index in [4.69, 9.17) is 0 Å². The lowest BCUT2D eigenvalue weighted by Crippen LogP contribution is -2.47. The molecule has 0 aromatic heterocycles. The lowest BCUT2D eigenvalue weighted by molar-refractivity contribution is -0.137. The smallest absolute Gasteiger partial charge is 0.371 e. The van der Waals surface area contributed by atoms with Crippen LogP contribution in [0.4, 0.5) is 30.2 Å². The summed E-state index contributed by atoms with van der Waals surface area (Å²) in [5.74, 6) is 0.0251. The lowest BCUT2D eigenvalue weighted by Gasteiger charge is -2.36. The van der Waals surface area contributed by atoms with Crippen LogP contribution in [0.2, 0.25) is 0 Å². The number of nitrogens with one attached hydrogen (secondary N) is 1.